The van der Waals surface area contributed by atoms with Gasteiger partial charge in [-0.3, -0.25) is 0 Å². The third kappa shape index (κ3) is 3.89. The third-order valence-electron chi connectivity index (χ3n) is 3.93. The summed E-state index contributed by atoms with van der Waals surface area (Å²) in [6, 6.07) is 5.69. The van der Waals surface area contributed by atoms with Gasteiger partial charge in [-0.2, -0.15) is 4.98 Å². The van der Waals surface area contributed by atoms with Crippen LogP contribution in [0, 0.1) is 0 Å². The molecule has 0 unspecified atom stereocenters. The Morgan fingerprint density at radius 3 is 3.00 bits per heavy atom. The molecule has 1 saturated heterocycles. The summed E-state index contributed by atoms with van der Waals surface area (Å²) in [6.07, 6.45) is 4.97. The van der Waals surface area contributed by atoms with Crippen molar-refractivity contribution in [2.45, 2.75) is 25.5 Å². The number of nitrogens with zero attached hydrogens (tertiary/aromatic N) is 5. The van der Waals surface area contributed by atoms with E-state index in [1.165, 1.54) is 0 Å². The molecular weight excluding hydrogens is 314 g/mol. The molecule has 1 atom stereocenters. The first kappa shape index (κ1) is 16.0. The number of rotatable bonds is 4. The van der Waals surface area contributed by atoms with Crippen LogP contribution in [0.4, 0.5) is 11.8 Å². The zero-order valence-corrected chi connectivity index (χ0v) is 13.8. The van der Waals surface area contributed by atoms with Gasteiger partial charge >= 0.3 is 0 Å². The minimum absolute atomic E-state index is 0.283. The number of hydrogen-bond acceptors (Lipinski definition) is 6. The molecule has 0 saturated carbocycles. The van der Waals surface area contributed by atoms with Gasteiger partial charge in [0.05, 0.1) is 6.10 Å². The smallest absolute Gasteiger partial charge is 0.227 e. The molecule has 122 valence electrons. The van der Waals surface area contributed by atoms with E-state index >= 15 is 0 Å². The number of β-amino-alcohol motifs (C(OH)–C–C–N with tert-alkyl or cyclic N) is 1. The molecule has 1 aliphatic heterocycles. The standard InChI is InChI=1S/C16H20ClN5O/c1-21(10-12-4-2-7-18-15(12)17)16-19-8-6-14(20-16)22-9-3-5-13(23)11-22/h2,4,6-8,13,23H,3,5,9-11H2,1H3/t13-/m1/s1. The lowest BCUT2D eigenvalue weighted by Crippen LogP contribution is -2.38. The number of pyridine rings is 1. The van der Waals surface area contributed by atoms with Gasteiger partial charge in [-0.1, -0.05) is 17.7 Å². The molecule has 0 amide bonds. The van der Waals surface area contributed by atoms with Crippen LogP contribution in [0.1, 0.15) is 18.4 Å². The Hall–Kier alpha value is -1.92. The fraction of sp³-hybridized carbons (Fsp3) is 0.438. The van der Waals surface area contributed by atoms with E-state index in [1.54, 1.807) is 12.4 Å². The summed E-state index contributed by atoms with van der Waals surface area (Å²) in [5.74, 6) is 1.47. The van der Waals surface area contributed by atoms with Crippen LogP contribution in [0.25, 0.3) is 0 Å². The summed E-state index contributed by atoms with van der Waals surface area (Å²) >= 11 is 6.11. The van der Waals surface area contributed by atoms with Crippen molar-refractivity contribution in [3.8, 4) is 0 Å². The Balaban J connectivity index is 1.75. The Labute approximate surface area is 140 Å². The molecule has 6 nitrogen and oxygen atoms in total. The zero-order chi connectivity index (χ0) is 16.2. The molecule has 7 heteroatoms. The first-order chi connectivity index (χ1) is 11.1. The average molecular weight is 334 g/mol. The monoisotopic (exact) mass is 333 g/mol. The van der Waals surface area contributed by atoms with Crippen molar-refractivity contribution < 1.29 is 5.11 Å². The highest BCUT2D eigenvalue weighted by molar-refractivity contribution is 6.30. The number of aromatic nitrogens is 3. The van der Waals surface area contributed by atoms with Gasteiger partial charge in [-0.25, -0.2) is 9.97 Å². The molecular formula is C16H20ClN5O. The summed E-state index contributed by atoms with van der Waals surface area (Å²) in [6.45, 7) is 2.11. The maximum Gasteiger partial charge on any atom is 0.227 e. The molecule has 2 aromatic rings. The highest BCUT2D eigenvalue weighted by atomic mass is 35.5. The predicted molar refractivity (Wildman–Crippen MR) is 90.8 cm³/mol. The number of halogens is 1. The van der Waals surface area contributed by atoms with Gasteiger partial charge in [0, 0.05) is 44.6 Å². The van der Waals surface area contributed by atoms with E-state index in [1.807, 2.05) is 30.1 Å². The maximum atomic E-state index is 9.83. The quantitative estimate of drug-likeness (QED) is 0.865. The van der Waals surface area contributed by atoms with Crippen molar-refractivity contribution in [3.05, 3.63) is 41.3 Å². The van der Waals surface area contributed by atoms with E-state index in [0.29, 0.717) is 24.2 Å². The predicted octanol–water partition coefficient (Wildman–Crippen LogP) is 2.12. The number of aliphatic hydroxyl groups is 1. The van der Waals surface area contributed by atoms with E-state index in [2.05, 4.69) is 19.9 Å². The fourth-order valence-electron chi connectivity index (χ4n) is 2.73. The van der Waals surface area contributed by atoms with Crippen LogP contribution in [0.5, 0.6) is 0 Å². The lowest BCUT2D eigenvalue weighted by Gasteiger charge is -2.31. The van der Waals surface area contributed by atoms with E-state index in [0.717, 1.165) is 30.8 Å². The van der Waals surface area contributed by atoms with Gasteiger partial charge in [0.2, 0.25) is 5.95 Å². The van der Waals surface area contributed by atoms with Gasteiger partial charge in [-0.05, 0) is 25.0 Å². The van der Waals surface area contributed by atoms with Gasteiger partial charge in [0.1, 0.15) is 11.0 Å². The number of anilines is 2. The van der Waals surface area contributed by atoms with Crippen molar-refractivity contribution in [2.24, 2.45) is 0 Å². The Kier molecular flexibility index (Phi) is 4.93. The first-order valence-corrected chi connectivity index (χ1v) is 8.08. The molecule has 23 heavy (non-hydrogen) atoms. The minimum atomic E-state index is -0.283. The summed E-state index contributed by atoms with van der Waals surface area (Å²) in [5.41, 5.74) is 0.930. The van der Waals surface area contributed by atoms with Gasteiger partial charge in [0.25, 0.3) is 0 Å². The SMILES string of the molecule is CN(Cc1cccnc1Cl)c1nccc(N2CCC[C@@H](O)C2)n1. The second-order valence-electron chi connectivity index (χ2n) is 5.77. The lowest BCUT2D eigenvalue weighted by atomic mass is 10.1. The van der Waals surface area contributed by atoms with Gasteiger partial charge < -0.3 is 14.9 Å². The van der Waals surface area contributed by atoms with Gasteiger partial charge in [0.15, 0.2) is 0 Å². The number of aliphatic hydroxyl groups excluding tert-OH is 1. The summed E-state index contributed by atoms with van der Waals surface area (Å²) in [4.78, 5) is 17.1. The van der Waals surface area contributed by atoms with Crippen molar-refractivity contribution >= 4 is 23.4 Å². The highest BCUT2D eigenvalue weighted by Crippen LogP contribution is 2.21. The molecule has 0 aliphatic carbocycles. The largest absolute Gasteiger partial charge is 0.391 e. The van der Waals surface area contributed by atoms with E-state index < -0.39 is 0 Å². The van der Waals surface area contributed by atoms with Crippen LogP contribution >= 0.6 is 11.6 Å². The van der Waals surface area contributed by atoms with E-state index in [9.17, 15) is 5.11 Å². The average Bonchev–Trinajstić information content (AvgIpc) is 2.57. The first-order valence-electron chi connectivity index (χ1n) is 7.70. The van der Waals surface area contributed by atoms with Crippen LogP contribution in [-0.4, -0.2) is 46.3 Å². The Morgan fingerprint density at radius 2 is 2.22 bits per heavy atom. The van der Waals surface area contributed by atoms with Crippen LogP contribution < -0.4 is 9.80 Å². The molecule has 0 spiro atoms. The third-order valence-corrected chi connectivity index (χ3v) is 4.27. The van der Waals surface area contributed by atoms with Crippen molar-refractivity contribution in [1.29, 1.82) is 0 Å². The summed E-state index contributed by atoms with van der Waals surface area (Å²) < 4.78 is 0. The van der Waals surface area contributed by atoms with E-state index in [-0.39, 0.29) is 6.10 Å². The molecule has 3 rings (SSSR count). The number of hydrogen-bond donors (Lipinski definition) is 1. The minimum Gasteiger partial charge on any atom is -0.391 e. The summed E-state index contributed by atoms with van der Waals surface area (Å²) in [7, 11) is 1.92. The van der Waals surface area contributed by atoms with Crippen molar-refractivity contribution in [3.63, 3.8) is 0 Å². The van der Waals surface area contributed by atoms with Crippen molar-refractivity contribution in [2.75, 3.05) is 29.9 Å². The van der Waals surface area contributed by atoms with Crippen LogP contribution in [0.3, 0.4) is 0 Å². The molecule has 0 aromatic carbocycles. The second kappa shape index (κ2) is 7.10. The lowest BCUT2D eigenvalue weighted by molar-refractivity contribution is 0.154. The molecule has 0 bridgehead atoms. The van der Waals surface area contributed by atoms with Crippen LogP contribution in [-0.2, 0) is 6.54 Å². The summed E-state index contributed by atoms with van der Waals surface area (Å²) in [5, 5.41) is 10.3. The fourth-order valence-corrected chi connectivity index (χ4v) is 2.90. The maximum absolute atomic E-state index is 9.83. The van der Waals surface area contributed by atoms with Gasteiger partial charge in [-0.15, -0.1) is 0 Å². The molecule has 1 aliphatic rings. The molecule has 1 N–H and O–H groups in total. The van der Waals surface area contributed by atoms with E-state index in [4.69, 9.17) is 11.6 Å². The topological polar surface area (TPSA) is 65.4 Å². The zero-order valence-electron chi connectivity index (χ0n) is 13.1. The Bertz CT molecular complexity index is 668. The Morgan fingerprint density at radius 1 is 1.35 bits per heavy atom. The highest BCUT2D eigenvalue weighted by Gasteiger charge is 2.19. The molecule has 1 fully saturated rings. The van der Waals surface area contributed by atoms with Crippen molar-refractivity contribution in [1.82, 2.24) is 15.0 Å². The molecule has 2 aromatic heterocycles. The number of piperidine rings is 1. The van der Waals surface area contributed by atoms with Crippen LogP contribution in [0.2, 0.25) is 5.15 Å². The normalized spacial score (nSPS) is 18.0. The molecule has 0 radical (unpaired) electrons. The second-order valence-corrected chi connectivity index (χ2v) is 6.12. The van der Waals surface area contributed by atoms with Crippen LogP contribution in [0.15, 0.2) is 30.6 Å². The molecule has 3 heterocycles.